The second-order valence-corrected chi connectivity index (χ2v) is 8.97. The fourth-order valence-corrected chi connectivity index (χ4v) is 5.27. The number of carbonyl (C=O) groups is 1. The predicted molar refractivity (Wildman–Crippen MR) is 131 cm³/mol. The summed E-state index contributed by atoms with van der Waals surface area (Å²) in [6.07, 6.45) is 0. The van der Waals surface area contributed by atoms with E-state index >= 15 is 0 Å². The summed E-state index contributed by atoms with van der Waals surface area (Å²) in [5.41, 5.74) is 5.16. The van der Waals surface area contributed by atoms with Crippen LogP contribution in [0.15, 0.2) is 66.0 Å². The Bertz CT molecular complexity index is 1300. The predicted octanol–water partition coefficient (Wildman–Crippen LogP) is 5.76. The van der Waals surface area contributed by atoms with Crippen LogP contribution in [0.5, 0.6) is 11.5 Å². The van der Waals surface area contributed by atoms with Gasteiger partial charge in [0.1, 0.15) is 6.61 Å². The molecule has 1 aliphatic heterocycles. The molecule has 3 aromatic carbocycles. The van der Waals surface area contributed by atoms with Gasteiger partial charge < -0.3 is 14.2 Å². The van der Waals surface area contributed by atoms with Crippen LogP contribution >= 0.6 is 11.3 Å². The van der Waals surface area contributed by atoms with E-state index in [1.54, 1.807) is 18.4 Å². The monoisotopic (exact) mass is 459 g/mol. The van der Waals surface area contributed by atoms with E-state index in [0.717, 1.165) is 47.8 Å². The highest BCUT2D eigenvalue weighted by molar-refractivity contribution is 7.17. The summed E-state index contributed by atoms with van der Waals surface area (Å²) in [4.78, 5) is 14.1. The Hall–Kier alpha value is -3.35. The molecule has 1 aliphatic rings. The molecule has 0 amide bonds. The van der Waals surface area contributed by atoms with Crippen molar-refractivity contribution in [1.29, 1.82) is 0 Å². The van der Waals surface area contributed by atoms with E-state index in [2.05, 4.69) is 46.7 Å². The number of fused-ring (bicyclic) bond motifs is 2. The number of hydrogen-bond donors (Lipinski definition) is 0. The van der Waals surface area contributed by atoms with E-state index in [0.29, 0.717) is 12.2 Å². The van der Waals surface area contributed by atoms with Gasteiger partial charge in [-0.25, -0.2) is 4.79 Å². The molecule has 5 nitrogen and oxygen atoms in total. The maximum Gasteiger partial charge on any atom is 0.337 e. The molecule has 0 atom stereocenters. The van der Waals surface area contributed by atoms with E-state index in [4.69, 9.17) is 14.2 Å². The smallest absolute Gasteiger partial charge is 0.337 e. The lowest BCUT2D eigenvalue weighted by Gasteiger charge is -2.20. The quantitative estimate of drug-likeness (QED) is 0.355. The largest absolute Gasteiger partial charge is 0.493 e. The van der Waals surface area contributed by atoms with E-state index in [9.17, 15) is 4.79 Å². The summed E-state index contributed by atoms with van der Waals surface area (Å²) in [5, 5.41) is 3.46. The first kappa shape index (κ1) is 21.5. The van der Waals surface area contributed by atoms with Crippen LogP contribution in [0.1, 0.15) is 21.5 Å². The maximum atomic E-state index is 11.7. The Kier molecular flexibility index (Phi) is 6.03. The molecule has 33 heavy (non-hydrogen) atoms. The van der Waals surface area contributed by atoms with Gasteiger partial charge in [0.2, 0.25) is 0 Å². The zero-order valence-electron chi connectivity index (χ0n) is 18.7. The summed E-state index contributed by atoms with van der Waals surface area (Å²) in [5.74, 6) is 1.27. The lowest BCUT2D eigenvalue weighted by molar-refractivity contribution is 0.0600. The summed E-state index contributed by atoms with van der Waals surface area (Å²) in [6, 6.07) is 20.4. The van der Waals surface area contributed by atoms with Crippen molar-refractivity contribution in [2.24, 2.45) is 0 Å². The van der Waals surface area contributed by atoms with Gasteiger partial charge in [-0.1, -0.05) is 30.3 Å². The average Bonchev–Trinajstić information content (AvgIpc) is 3.18. The van der Waals surface area contributed by atoms with Crippen LogP contribution in [-0.4, -0.2) is 38.2 Å². The van der Waals surface area contributed by atoms with Crippen molar-refractivity contribution in [2.45, 2.75) is 13.1 Å². The van der Waals surface area contributed by atoms with Crippen molar-refractivity contribution < 1.29 is 19.0 Å². The molecule has 1 aromatic heterocycles. The normalized spacial score (nSPS) is 13.8. The first-order chi connectivity index (χ1) is 16.2. The van der Waals surface area contributed by atoms with E-state index in [1.165, 1.54) is 22.8 Å². The number of benzene rings is 3. The van der Waals surface area contributed by atoms with Crippen LogP contribution in [0.4, 0.5) is 0 Å². The fraction of sp³-hybridized carbons (Fsp3) is 0.222. The van der Waals surface area contributed by atoms with Crippen molar-refractivity contribution in [3.05, 3.63) is 82.7 Å². The molecule has 0 unspecified atom stereocenters. The van der Waals surface area contributed by atoms with Gasteiger partial charge in [-0.2, -0.15) is 0 Å². The molecule has 0 spiro atoms. The highest BCUT2D eigenvalue weighted by Gasteiger charge is 2.21. The fourth-order valence-electron chi connectivity index (χ4n) is 4.30. The molecule has 0 saturated carbocycles. The van der Waals surface area contributed by atoms with E-state index in [1.807, 2.05) is 24.3 Å². The lowest BCUT2D eigenvalue weighted by Crippen LogP contribution is -2.25. The standard InChI is InChI=1S/C27H25NO4S/c1-30-24-14-20(23-17-33-25-6-4-3-5-22(23)25)13-21-16-28(11-12-32-26(21)24)15-18-7-9-19(10-8-18)27(29)31-2/h3-10,13-14,17H,11-12,15-16H2,1-2H3. The summed E-state index contributed by atoms with van der Waals surface area (Å²) in [6.45, 7) is 2.90. The Balaban J connectivity index is 1.45. The summed E-state index contributed by atoms with van der Waals surface area (Å²) < 4.78 is 17.9. The Morgan fingerprint density at radius 2 is 1.91 bits per heavy atom. The molecular formula is C27H25NO4S. The minimum Gasteiger partial charge on any atom is -0.493 e. The van der Waals surface area contributed by atoms with Crippen LogP contribution in [0.3, 0.4) is 0 Å². The molecule has 4 aromatic rings. The number of esters is 1. The molecule has 168 valence electrons. The zero-order valence-corrected chi connectivity index (χ0v) is 19.5. The Labute approximate surface area is 197 Å². The molecule has 0 fully saturated rings. The molecule has 0 radical (unpaired) electrons. The zero-order chi connectivity index (χ0) is 22.8. The second kappa shape index (κ2) is 9.25. The van der Waals surface area contributed by atoms with Gasteiger partial charge in [0.05, 0.1) is 19.8 Å². The number of ether oxygens (including phenoxy) is 3. The number of thiophene rings is 1. The molecule has 5 rings (SSSR count). The van der Waals surface area contributed by atoms with Crippen molar-refractivity contribution in [2.75, 3.05) is 27.4 Å². The number of carbonyl (C=O) groups excluding carboxylic acids is 1. The third-order valence-corrected chi connectivity index (χ3v) is 6.94. The third-order valence-electron chi connectivity index (χ3n) is 5.97. The van der Waals surface area contributed by atoms with Crippen molar-refractivity contribution in [3.8, 4) is 22.6 Å². The summed E-state index contributed by atoms with van der Waals surface area (Å²) >= 11 is 1.76. The average molecular weight is 460 g/mol. The Morgan fingerprint density at radius 1 is 1.09 bits per heavy atom. The van der Waals surface area contributed by atoms with Crippen LogP contribution in [-0.2, 0) is 17.8 Å². The number of methoxy groups -OCH3 is 2. The van der Waals surface area contributed by atoms with Crippen LogP contribution in [0.25, 0.3) is 21.2 Å². The van der Waals surface area contributed by atoms with Gasteiger partial charge in [0.15, 0.2) is 11.5 Å². The highest BCUT2D eigenvalue weighted by atomic mass is 32.1. The first-order valence-corrected chi connectivity index (χ1v) is 11.7. The molecule has 0 aliphatic carbocycles. The molecule has 0 saturated heterocycles. The minimum absolute atomic E-state index is 0.320. The highest BCUT2D eigenvalue weighted by Crippen LogP contribution is 2.41. The molecule has 0 N–H and O–H groups in total. The topological polar surface area (TPSA) is 48.0 Å². The van der Waals surface area contributed by atoms with Crippen molar-refractivity contribution >= 4 is 27.4 Å². The van der Waals surface area contributed by atoms with Crippen LogP contribution < -0.4 is 9.47 Å². The van der Waals surface area contributed by atoms with Gasteiger partial charge in [0, 0.05) is 40.8 Å². The van der Waals surface area contributed by atoms with Gasteiger partial charge in [0.25, 0.3) is 0 Å². The SMILES string of the molecule is COC(=O)c1ccc(CN2CCOc3c(cc(-c4csc5ccccc45)cc3OC)C2)cc1. The third kappa shape index (κ3) is 4.32. The minimum atomic E-state index is -0.320. The van der Waals surface area contributed by atoms with Crippen molar-refractivity contribution in [1.82, 2.24) is 4.90 Å². The lowest BCUT2D eigenvalue weighted by atomic mass is 10.0. The maximum absolute atomic E-state index is 11.7. The van der Waals surface area contributed by atoms with Gasteiger partial charge >= 0.3 is 5.97 Å². The first-order valence-electron chi connectivity index (χ1n) is 10.9. The van der Waals surface area contributed by atoms with Gasteiger partial charge in [-0.05, 0) is 46.8 Å². The van der Waals surface area contributed by atoms with Crippen molar-refractivity contribution in [3.63, 3.8) is 0 Å². The number of nitrogens with zero attached hydrogens (tertiary/aromatic N) is 1. The molecule has 6 heteroatoms. The number of rotatable bonds is 5. The van der Waals surface area contributed by atoms with Gasteiger partial charge in [-0.15, -0.1) is 11.3 Å². The molecule has 2 heterocycles. The molecule has 0 bridgehead atoms. The van der Waals surface area contributed by atoms with E-state index in [-0.39, 0.29) is 5.97 Å². The summed E-state index contributed by atoms with van der Waals surface area (Å²) in [7, 11) is 3.09. The van der Waals surface area contributed by atoms with Crippen LogP contribution in [0.2, 0.25) is 0 Å². The van der Waals surface area contributed by atoms with E-state index < -0.39 is 0 Å². The second-order valence-electron chi connectivity index (χ2n) is 8.06. The molecular weight excluding hydrogens is 434 g/mol. The Morgan fingerprint density at radius 3 is 2.70 bits per heavy atom. The van der Waals surface area contributed by atoms with Gasteiger partial charge in [-0.3, -0.25) is 4.90 Å². The van der Waals surface area contributed by atoms with Crippen LogP contribution in [0, 0.1) is 0 Å². The number of hydrogen-bond acceptors (Lipinski definition) is 6.